The molecule has 2 aromatic carbocycles. The monoisotopic (exact) mass is 351 g/mol. The molecule has 7 heteroatoms. The summed E-state index contributed by atoms with van der Waals surface area (Å²) in [6.45, 7) is 0. The maximum absolute atomic E-state index is 11.7. The summed E-state index contributed by atoms with van der Waals surface area (Å²) in [5.74, 6) is -0.362. The van der Waals surface area contributed by atoms with Gasteiger partial charge in [0, 0.05) is 10.5 Å². The van der Waals surface area contributed by atoms with Crippen molar-refractivity contribution in [2.75, 3.05) is 7.11 Å². The highest BCUT2D eigenvalue weighted by atomic mass is 79.9. The molecular weight excluding hydrogens is 342 g/mol. The molecule has 0 saturated heterocycles. The average Bonchev–Trinajstić information content (AvgIpc) is 2.48. The molecule has 0 bridgehead atoms. The van der Waals surface area contributed by atoms with Crippen LogP contribution in [0.2, 0.25) is 0 Å². The molecule has 6 nitrogen and oxygen atoms in total. The topological polar surface area (TPSA) is 78.7 Å². The van der Waals surface area contributed by atoms with Gasteiger partial charge >= 0.3 is 11.7 Å². The molecule has 2 rings (SSSR count). The van der Waals surface area contributed by atoms with E-state index in [1.165, 1.54) is 37.4 Å². The van der Waals surface area contributed by atoms with Crippen molar-refractivity contribution < 1.29 is 19.2 Å². The van der Waals surface area contributed by atoms with Gasteiger partial charge in [-0.05, 0) is 24.3 Å². The van der Waals surface area contributed by atoms with Crippen molar-refractivity contribution in [2.24, 2.45) is 0 Å². The molecule has 0 aliphatic rings. The van der Waals surface area contributed by atoms with Crippen LogP contribution >= 0.6 is 15.9 Å². The van der Waals surface area contributed by atoms with Gasteiger partial charge in [0.2, 0.25) is 5.75 Å². The Morgan fingerprint density at radius 2 is 1.90 bits per heavy atom. The first-order valence-electron chi connectivity index (χ1n) is 5.82. The summed E-state index contributed by atoms with van der Waals surface area (Å²) in [4.78, 5) is 22.2. The quantitative estimate of drug-likeness (QED) is 0.473. The lowest BCUT2D eigenvalue weighted by Gasteiger charge is -2.10. The number of para-hydroxylation sites is 2. The number of nitrogens with zero attached hydrogens (tertiary/aromatic N) is 1. The molecule has 0 aliphatic carbocycles. The first-order chi connectivity index (χ1) is 10.0. The van der Waals surface area contributed by atoms with Gasteiger partial charge in [0.15, 0.2) is 0 Å². The number of ether oxygens (including phenoxy) is 2. The third-order valence-corrected chi connectivity index (χ3v) is 3.12. The normalized spacial score (nSPS) is 10.0. The van der Waals surface area contributed by atoms with E-state index in [0.717, 1.165) is 0 Å². The zero-order valence-corrected chi connectivity index (χ0v) is 12.5. The van der Waals surface area contributed by atoms with Crippen LogP contribution < -0.4 is 4.74 Å². The summed E-state index contributed by atoms with van der Waals surface area (Å²) >= 11 is 3.25. The van der Waals surface area contributed by atoms with E-state index in [0.29, 0.717) is 4.47 Å². The summed E-state index contributed by atoms with van der Waals surface area (Å²) in [5, 5.41) is 11.0. The number of hydrogen-bond acceptors (Lipinski definition) is 5. The van der Waals surface area contributed by atoms with E-state index in [1.807, 2.05) is 0 Å². The standard InChI is InChI=1S/C14H10BrNO5/c1-20-14(17)10-8-9(15)6-7-12(10)21-13-5-3-2-4-11(13)16(18)19/h2-8H,1H3. The smallest absolute Gasteiger partial charge is 0.341 e. The van der Waals surface area contributed by atoms with E-state index in [2.05, 4.69) is 20.7 Å². The van der Waals surface area contributed by atoms with Crippen LogP contribution in [0.25, 0.3) is 0 Å². The van der Waals surface area contributed by atoms with E-state index < -0.39 is 10.9 Å². The van der Waals surface area contributed by atoms with Gasteiger partial charge in [0.25, 0.3) is 0 Å². The van der Waals surface area contributed by atoms with Gasteiger partial charge < -0.3 is 9.47 Å². The molecule has 0 amide bonds. The summed E-state index contributed by atoms with van der Waals surface area (Å²) in [7, 11) is 1.25. The number of hydrogen-bond donors (Lipinski definition) is 0. The molecule has 0 heterocycles. The number of nitro groups is 1. The molecule has 2 aromatic rings. The number of halogens is 1. The lowest BCUT2D eigenvalue weighted by Crippen LogP contribution is -2.04. The summed E-state index contributed by atoms with van der Waals surface area (Å²) in [6.07, 6.45) is 0. The average molecular weight is 352 g/mol. The maximum Gasteiger partial charge on any atom is 0.341 e. The van der Waals surface area contributed by atoms with E-state index in [-0.39, 0.29) is 22.7 Å². The van der Waals surface area contributed by atoms with Gasteiger partial charge in [-0.1, -0.05) is 28.1 Å². The third-order valence-electron chi connectivity index (χ3n) is 2.63. The van der Waals surface area contributed by atoms with Crippen molar-refractivity contribution >= 4 is 27.6 Å². The van der Waals surface area contributed by atoms with Gasteiger partial charge in [-0.2, -0.15) is 0 Å². The second-order valence-electron chi connectivity index (χ2n) is 3.96. The zero-order valence-electron chi connectivity index (χ0n) is 10.9. The highest BCUT2D eigenvalue weighted by molar-refractivity contribution is 9.10. The molecule has 0 saturated carbocycles. The molecule has 0 fully saturated rings. The predicted molar refractivity (Wildman–Crippen MR) is 78.7 cm³/mol. The van der Waals surface area contributed by atoms with Crippen LogP contribution in [0, 0.1) is 10.1 Å². The zero-order chi connectivity index (χ0) is 15.4. The van der Waals surface area contributed by atoms with Crippen LogP contribution in [0.5, 0.6) is 11.5 Å². The highest BCUT2D eigenvalue weighted by Crippen LogP contribution is 2.33. The first kappa shape index (κ1) is 15.0. The van der Waals surface area contributed by atoms with Crippen molar-refractivity contribution in [3.8, 4) is 11.5 Å². The van der Waals surface area contributed by atoms with E-state index in [4.69, 9.17) is 4.74 Å². The van der Waals surface area contributed by atoms with Crippen LogP contribution in [0.3, 0.4) is 0 Å². The number of methoxy groups -OCH3 is 1. The molecule has 0 unspecified atom stereocenters. The number of carbonyl (C=O) groups is 1. The Bertz CT molecular complexity index is 702. The lowest BCUT2D eigenvalue weighted by molar-refractivity contribution is -0.385. The van der Waals surface area contributed by atoms with E-state index in [9.17, 15) is 14.9 Å². The molecule has 0 N–H and O–H groups in total. The minimum atomic E-state index is -0.593. The third kappa shape index (κ3) is 3.38. The molecule has 0 atom stereocenters. The van der Waals surface area contributed by atoms with Crippen LogP contribution in [-0.4, -0.2) is 18.0 Å². The molecule has 0 radical (unpaired) electrons. The number of esters is 1. The Kier molecular flexibility index (Phi) is 4.54. The Morgan fingerprint density at radius 3 is 2.57 bits per heavy atom. The van der Waals surface area contributed by atoms with E-state index >= 15 is 0 Å². The van der Waals surface area contributed by atoms with Crippen molar-refractivity contribution in [1.29, 1.82) is 0 Å². The Hall–Kier alpha value is -2.41. The SMILES string of the molecule is COC(=O)c1cc(Br)ccc1Oc1ccccc1[N+](=O)[O-]. The van der Waals surface area contributed by atoms with Crippen LogP contribution in [-0.2, 0) is 4.74 Å². The van der Waals surface area contributed by atoms with Gasteiger partial charge in [-0.3, -0.25) is 10.1 Å². The van der Waals surface area contributed by atoms with Gasteiger partial charge in [0.05, 0.1) is 12.0 Å². The summed E-state index contributed by atoms with van der Waals surface area (Å²) in [6, 6.07) is 10.7. The molecule has 0 aromatic heterocycles. The first-order valence-corrected chi connectivity index (χ1v) is 6.61. The lowest BCUT2D eigenvalue weighted by atomic mass is 10.2. The second kappa shape index (κ2) is 6.36. The summed E-state index contributed by atoms with van der Waals surface area (Å²) < 4.78 is 10.9. The largest absolute Gasteiger partial charge is 0.465 e. The fraction of sp³-hybridized carbons (Fsp3) is 0.0714. The molecule has 0 aliphatic heterocycles. The number of rotatable bonds is 4. The summed E-state index contributed by atoms with van der Waals surface area (Å²) in [5.41, 5.74) is -0.0127. The van der Waals surface area contributed by atoms with Crippen LogP contribution in [0.4, 0.5) is 5.69 Å². The second-order valence-corrected chi connectivity index (χ2v) is 4.87. The number of benzene rings is 2. The van der Waals surface area contributed by atoms with Gasteiger partial charge in [-0.15, -0.1) is 0 Å². The highest BCUT2D eigenvalue weighted by Gasteiger charge is 2.19. The number of nitro benzene ring substituents is 1. The van der Waals surface area contributed by atoms with Crippen molar-refractivity contribution in [1.82, 2.24) is 0 Å². The molecular formula is C14H10BrNO5. The van der Waals surface area contributed by atoms with Crippen LogP contribution in [0.1, 0.15) is 10.4 Å². The van der Waals surface area contributed by atoms with E-state index in [1.54, 1.807) is 12.1 Å². The van der Waals surface area contributed by atoms with Crippen molar-refractivity contribution in [3.63, 3.8) is 0 Å². The van der Waals surface area contributed by atoms with Gasteiger partial charge in [-0.25, -0.2) is 4.79 Å². The maximum atomic E-state index is 11.7. The Morgan fingerprint density at radius 1 is 1.19 bits per heavy atom. The van der Waals surface area contributed by atoms with Crippen LogP contribution in [0.15, 0.2) is 46.9 Å². The molecule has 108 valence electrons. The van der Waals surface area contributed by atoms with Crippen molar-refractivity contribution in [2.45, 2.75) is 0 Å². The molecule has 0 spiro atoms. The predicted octanol–water partition coefficient (Wildman–Crippen LogP) is 3.94. The van der Waals surface area contributed by atoms with Gasteiger partial charge in [0.1, 0.15) is 11.3 Å². The number of carbonyl (C=O) groups excluding carboxylic acids is 1. The van der Waals surface area contributed by atoms with Crippen molar-refractivity contribution in [3.05, 3.63) is 62.6 Å². The fourth-order valence-corrected chi connectivity index (χ4v) is 2.03. The molecule has 21 heavy (non-hydrogen) atoms. The Balaban J connectivity index is 2.45. The minimum absolute atomic E-state index is 0.0509. The minimum Gasteiger partial charge on any atom is -0.465 e. The fourth-order valence-electron chi connectivity index (χ4n) is 1.67. The Labute approximate surface area is 128 Å².